The number of aliphatic hydroxyl groups is 1. The van der Waals surface area contributed by atoms with Gasteiger partial charge in [-0.1, -0.05) is 43.6 Å². The van der Waals surface area contributed by atoms with E-state index in [4.69, 9.17) is 16.7 Å². The molecule has 1 N–H and O–H groups in total. The zero-order valence-corrected chi connectivity index (χ0v) is 24.0. The van der Waals surface area contributed by atoms with Gasteiger partial charge in [-0.25, -0.2) is 18.4 Å². The van der Waals surface area contributed by atoms with Crippen molar-refractivity contribution in [2.24, 2.45) is 5.92 Å². The van der Waals surface area contributed by atoms with Gasteiger partial charge in [0, 0.05) is 47.0 Å². The molecule has 214 valence electrons. The quantitative estimate of drug-likeness (QED) is 0.187. The third-order valence-corrected chi connectivity index (χ3v) is 7.74. The van der Waals surface area contributed by atoms with Crippen molar-refractivity contribution < 1.29 is 13.9 Å². The molecule has 5 aromatic rings. The van der Waals surface area contributed by atoms with Gasteiger partial charge in [-0.2, -0.15) is 10.2 Å². The van der Waals surface area contributed by atoms with Crippen LogP contribution in [0.3, 0.4) is 0 Å². The van der Waals surface area contributed by atoms with Crippen LogP contribution in [0.1, 0.15) is 44.4 Å². The molecule has 0 saturated heterocycles. The summed E-state index contributed by atoms with van der Waals surface area (Å²) >= 11 is 6.10. The summed E-state index contributed by atoms with van der Waals surface area (Å²) in [7, 11) is 0. The molecule has 2 atom stereocenters. The van der Waals surface area contributed by atoms with Crippen molar-refractivity contribution in [3.8, 4) is 0 Å². The molecule has 0 fully saturated rings. The standard InChI is InChI=1S/C31H33ClF2N6O/c1-21(2)12-13-38(16-23-4-6-25(32)7-5-23)27-9-11-30-24(14-27)17-40(37-30)22(3)31(41,18-39-20-35-19-36-39)28-10-8-26(33)15-29(28)34/h4-11,14-15,17,19-22,41H,12-13,16,18H2,1-3H3/t22-,31-/m1/s1. The summed E-state index contributed by atoms with van der Waals surface area (Å²) in [6, 6.07) is 16.4. The third-order valence-electron chi connectivity index (χ3n) is 7.49. The average molecular weight is 579 g/mol. The fourth-order valence-corrected chi connectivity index (χ4v) is 5.14. The Hall–Kier alpha value is -3.82. The molecule has 0 radical (unpaired) electrons. The van der Waals surface area contributed by atoms with Gasteiger partial charge in [-0.05, 0) is 61.2 Å². The van der Waals surface area contributed by atoms with Crippen LogP contribution in [0.25, 0.3) is 10.9 Å². The summed E-state index contributed by atoms with van der Waals surface area (Å²) in [6.07, 6.45) is 5.66. The van der Waals surface area contributed by atoms with Gasteiger partial charge < -0.3 is 10.0 Å². The second-order valence-corrected chi connectivity index (χ2v) is 11.3. The molecular formula is C31H33ClF2N6O. The predicted molar refractivity (Wildman–Crippen MR) is 157 cm³/mol. The predicted octanol–water partition coefficient (Wildman–Crippen LogP) is 6.76. The lowest BCUT2D eigenvalue weighted by Gasteiger charge is -2.34. The highest BCUT2D eigenvalue weighted by Crippen LogP contribution is 2.37. The van der Waals surface area contributed by atoms with Gasteiger partial charge in [0.15, 0.2) is 0 Å². The minimum atomic E-state index is -1.81. The normalized spacial score (nSPS) is 14.0. The van der Waals surface area contributed by atoms with Gasteiger partial charge in [-0.15, -0.1) is 0 Å². The first-order chi connectivity index (χ1) is 19.6. The Kier molecular flexibility index (Phi) is 8.37. The van der Waals surface area contributed by atoms with E-state index >= 15 is 4.39 Å². The molecule has 0 amide bonds. The van der Waals surface area contributed by atoms with E-state index < -0.39 is 23.3 Å². The molecule has 41 heavy (non-hydrogen) atoms. The first kappa shape index (κ1) is 28.7. The van der Waals surface area contributed by atoms with E-state index in [1.165, 1.54) is 23.4 Å². The lowest BCUT2D eigenvalue weighted by Crippen LogP contribution is -2.40. The number of aromatic nitrogens is 5. The Morgan fingerprint density at radius 3 is 2.49 bits per heavy atom. The minimum absolute atomic E-state index is 0.0510. The van der Waals surface area contributed by atoms with Crippen LogP contribution in [-0.4, -0.2) is 36.2 Å². The molecule has 10 heteroatoms. The van der Waals surface area contributed by atoms with Crippen molar-refractivity contribution in [3.63, 3.8) is 0 Å². The second kappa shape index (κ2) is 12.0. The minimum Gasteiger partial charge on any atom is -0.381 e. The van der Waals surface area contributed by atoms with Crippen LogP contribution in [0.15, 0.2) is 79.5 Å². The summed E-state index contributed by atoms with van der Waals surface area (Å²) in [5.74, 6) is -1.02. The summed E-state index contributed by atoms with van der Waals surface area (Å²) < 4.78 is 31.8. The van der Waals surface area contributed by atoms with Crippen LogP contribution in [-0.2, 0) is 18.7 Å². The van der Waals surface area contributed by atoms with E-state index in [1.807, 2.05) is 42.6 Å². The number of halogens is 3. The van der Waals surface area contributed by atoms with Gasteiger partial charge in [0.1, 0.15) is 29.9 Å². The fraction of sp³-hybridized carbons (Fsp3) is 0.323. The Morgan fingerprint density at radius 1 is 1.02 bits per heavy atom. The van der Waals surface area contributed by atoms with Gasteiger partial charge in [0.25, 0.3) is 0 Å². The molecule has 7 nitrogen and oxygen atoms in total. The largest absolute Gasteiger partial charge is 0.381 e. The van der Waals surface area contributed by atoms with Crippen molar-refractivity contribution >= 4 is 28.2 Å². The van der Waals surface area contributed by atoms with Crippen LogP contribution in [0.2, 0.25) is 5.02 Å². The van der Waals surface area contributed by atoms with Gasteiger partial charge in [0.05, 0.1) is 18.1 Å². The number of hydrogen-bond donors (Lipinski definition) is 1. The number of rotatable bonds is 11. The van der Waals surface area contributed by atoms with Gasteiger partial charge in [-0.3, -0.25) is 4.68 Å². The van der Waals surface area contributed by atoms with E-state index in [2.05, 4.69) is 34.9 Å². The summed E-state index contributed by atoms with van der Waals surface area (Å²) in [5.41, 5.74) is 1.07. The third kappa shape index (κ3) is 6.41. The molecule has 2 aromatic heterocycles. The molecule has 0 aliphatic carbocycles. The Labute approximate surface area is 243 Å². The lowest BCUT2D eigenvalue weighted by molar-refractivity contribution is -0.0366. The Balaban J connectivity index is 1.49. The monoisotopic (exact) mass is 578 g/mol. The maximum absolute atomic E-state index is 15.0. The zero-order chi connectivity index (χ0) is 29.1. The molecule has 5 rings (SSSR count). The summed E-state index contributed by atoms with van der Waals surface area (Å²) in [6.45, 7) is 7.66. The van der Waals surface area contributed by atoms with E-state index in [1.54, 1.807) is 11.6 Å². The number of fused-ring (bicyclic) bond motifs is 1. The van der Waals surface area contributed by atoms with Crippen LogP contribution < -0.4 is 4.90 Å². The maximum Gasteiger partial charge on any atom is 0.137 e. The molecule has 0 unspecified atom stereocenters. The molecule has 0 bridgehead atoms. The highest BCUT2D eigenvalue weighted by molar-refractivity contribution is 6.30. The number of hydrogen-bond acceptors (Lipinski definition) is 5. The number of benzene rings is 3. The van der Waals surface area contributed by atoms with Crippen molar-refractivity contribution in [2.45, 2.75) is 51.9 Å². The maximum atomic E-state index is 15.0. The first-order valence-corrected chi connectivity index (χ1v) is 14.0. The topological polar surface area (TPSA) is 72.0 Å². The second-order valence-electron chi connectivity index (χ2n) is 10.9. The van der Waals surface area contributed by atoms with E-state index in [-0.39, 0.29) is 12.1 Å². The number of anilines is 1. The van der Waals surface area contributed by atoms with E-state index in [0.717, 1.165) is 53.8 Å². The van der Waals surface area contributed by atoms with Gasteiger partial charge in [0.2, 0.25) is 0 Å². The molecule has 3 aromatic carbocycles. The number of nitrogens with zero attached hydrogens (tertiary/aromatic N) is 6. The first-order valence-electron chi connectivity index (χ1n) is 13.6. The van der Waals surface area contributed by atoms with Crippen molar-refractivity contribution in [2.75, 3.05) is 11.4 Å². The van der Waals surface area contributed by atoms with Crippen LogP contribution >= 0.6 is 11.6 Å². The van der Waals surface area contributed by atoms with Crippen LogP contribution in [0.5, 0.6) is 0 Å². The van der Waals surface area contributed by atoms with Crippen molar-refractivity contribution in [1.29, 1.82) is 0 Å². The van der Waals surface area contributed by atoms with Crippen molar-refractivity contribution in [1.82, 2.24) is 24.5 Å². The highest BCUT2D eigenvalue weighted by Gasteiger charge is 2.41. The SMILES string of the molecule is CC(C)CCN(Cc1ccc(Cl)cc1)c1ccc2nn([C@H](C)[C@](O)(Cn3cncn3)c3ccc(F)cc3F)cc2c1. The highest BCUT2D eigenvalue weighted by atomic mass is 35.5. The van der Waals surface area contributed by atoms with E-state index in [0.29, 0.717) is 10.9 Å². The van der Waals surface area contributed by atoms with Gasteiger partial charge >= 0.3 is 0 Å². The van der Waals surface area contributed by atoms with E-state index in [9.17, 15) is 9.50 Å². The summed E-state index contributed by atoms with van der Waals surface area (Å²) in [4.78, 5) is 6.27. The van der Waals surface area contributed by atoms with Crippen LogP contribution in [0, 0.1) is 17.6 Å². The summed E-state index contributed by atoms with van der Waals surface area (Å²) in [5, 5.41) is 22.4. The fourth-order valence-electron chi connectivity index (χ4n) is 5.01. The molecule has 0 aliphatic rings. The smallest absolute Gasteiger partial charge is 0.137 e. The van der Waals surface area contributed by atoms with Crippen molar-refractivity contribution in [3.05, 3.63) is 107 Å². The zero-order valence-electron chi connectivity index (χ0n) is 23.3. The molecule has 0 saturated carbocycles. The Morgan fingerprint density at radius 2 is 1.80 bits per heavy atom. The molecule has 2 heterocycles. The van der Waals surface area contributed by atoms with Crippen LogP contribution in [0.4, 0.5) is 14.5 Å². The molecule has 0 spiro atoms. The molecule has 0 aliphatic heterocycles. The lowest BCUT2D eigenvalue weighted by atomic mass is 9.86. The Bertz CT molecular complexity index is 1610. The molecular weight excluding hydrogens is 546 g/mol. The average Bonchev–Trinajstić information content (AvgIpc) is 3.60.